The summed E-state index contributed by atoms with van der Waals surface area (Å²) in [6, 6.07) is 2.96. The van der Waals surface area contributed by atoms with E-state index in [2.05, 4.69) is 10.3 Å². The molecule has 1 N–H and O–H groups in total. The fourth-order valence-electron chi connectivity index (χ4n) is 1.61. The van der Waals surface area contributed by atoms with Crippen molar-refractivity contribution in [3.05, 3.63) is 24.5 Å². The van der Waals surface area contributed by atoms with Crippen LogP contribution in [0.3, 0.4) is 0 Å². The highest BCUT2D eigenvalue weighted by Gasteiger charge is 2.16. The smallest absolute Gasteiger partial charge is 0.286 e. The summed E-state index contributed by atoms with van der Waals surface area (Å²) in [6.07, 6.45) is 3.26. The highest BCUT2D eigenvalue weighted by atomic mass is 16.2. The number of hydrogen-bond acceptors (Lipinski definition) is 3. The van der Waals surface area contributed by atoms with Gasteiger partial charge < -0.3 is 0 Å². The molecule has 18 heavy (non-hydrogen) atoms. The average molecular weight is 242 g/mol. The molecule has 0 unspecified atom stereocenters. The first kappa shape index (κ1) is 12.2. The molecule has 7 heteroatoms. The van der Waals surface area contributed by atoms with E-state index >= 15 is 0 Å². The molecule has 2 heterocycles. The summed E-state index contributed by atoms with van der Waals surface area (Å²) in [5, 5.41) is 2.19. The Balaban J connectivity index is 2.39. The van der Waals surface area contributed by atoms with E-state index in [0.717, 1.165) is 0 Å². The van der Waals surface area contributed by atoms with E-state index in [0.29, 0.717) is 16.9 Å². The Kier molecular flexibility index (Phi) is 3.05. The van der Waals surface area contributed by atoms with E-state index in [1.165, 1.54) is 18.0 Å². The van der Waals surface area contributed by atoms with Crippen LogP contribution < -0.4 is 15.7 Å². The lowest BCUT2D eigenvalue weighted by Gasteiger charge is -2.16. The zero-order valence-corrected chi connectivity index (χ0v) is 10.0. The van der Waals surface area contributed by atoms with Gasteiger partial charge in [-0.1, -0.05) is 11.5 Å². The third kappa shape index (κ3) is 2.06. The van der Waals surface area contributed by atoms with Crippen LogP contribution in [0.4, 0.5) is 10.6 Å². The number of carbonyl (C=O) groups is 2. The van der Waals surface area contributed by atoms with Crippen molar-refractivity contribution in [3.63, 3.8) is 0 Å². The molecule has 2 aromatic heterocycles. The number of urea groups is 1. The SMILES string of the molecule is [B]c1cccn2c(N(C)C(=O)NC(C)=O)cnc12. The van der Waals surface area contributed by atoms with E-state index in [-0.39, 0.29) is 0 Å². The number of imide groups is 1. The lowest BCUT2D eigenvalue weighted by atomic mass is 9.98. The number of amides is 3. The van der Waals surface area contributed by atoms with Crippen molar-refractivity contribution in [1.82, 2.24) is 14.7 Å². The van der Waals surface area contributed by atoms with Crippen molar-refractivity contribution >= 4 is 36.7 Å². The molecule has 0 aliphatic rings. The monoisotopic (exact) mass is 242 g/mol. The fourth-order valence-corrected chi connectivity index (χ4v) is 1.61. The van der Waals surface area contributed by atoms with Crippen LogP contribution in [0.5, 0.6) is 0 Å². The summed E-state index contributed by atoms with van der Waals surface area (Å²) >= 11 is 0. The minimum atomic E-state index is -0.522. The number of fused-ring (bicyclic) bond motifs is 1. The van der Waals surface area contributed by atoms with Crippen molar-refractivity contribution in [2.45, 2.75) is 6.92 Å². The number of rotatable bonds is 1. The number of hydrogen-bond donors (Lipinski definition) is 1. The number of pyridine rings is 1. The number of imidazole rings is 1. The van der Waals surface area contributed by atoms with Crippen LogP contribution in [0.2, 0.25) is 0 Å². The largest absolute Gasteiger partial charge is 0.329 e. The van der Waals surface area contributed by atoms with Gasteiger partial charge in [-0.2, -0.15) is 0 Å². The fraction of sp³-hybridized carbons (Fsp3) is 0.182. The van der Waals surface area contributed by atoms with Crippen LogP contribution in [0, 0.1) is 0 Å². The number of aromatic nitrogens is 2. The third-order valence-electron chi connectivity index (χ3n) is 2.48. The molecule has 0 saturated carbocycles. The Bertz CT molecular complexity index is 623. The molecule has 0 aliphatic heterocycles. The molecule has 2 aromatic rings. The van der Waals surface area contributed by atoms with Crippen molar-refractivity contribution < 1.29 is 9.59 Å². The van der Waals surface area contributed by atoms with Gasteiger partial charge in [-0.05, 0) is 6.07 Å². The molecule has 0 bridgehead atoms. The Hall–Kier alpha value is -2.31. The van der Waals surface area contributed by atoms with Gasteiger partial charge in [-0.15, -0.1) is 0 Å². The van der Waals surface area contributed by atoms with Gasteiger partial charge in [-0.3, -0.25) is 19.4 Å². The maximum absolute atomic E-state index is 11.7. The summed E-state index contributed by atoms with van der Waals surface area (Å²) in [5.74, 6) is 0.108. The first-order chi connectivity index (χ1) is 8.50. The molecular formula is C11H11BN4O2. The van der Waals surface area contributed by atoms with Gasteiger partial charge >= 0.3 is 6.03 Å². The summed E-state index contributed by atoms with van der Waals surface area (Å²) in [7, 11) is 7.32. The van der Waals surface area contributed by atoms with Gasteiger partial charge in [-0.25, -0.2) is 9.78 Å². The van der Waals surface area contributed by atoms with Crippen LogP contribution in [-0.2, 0) is 4.79 Å². The van der Waals surface area contributed by atoms with Gasteiger partial charge in [0.1, 0.15) is 19.3 Å². The maximum atomic E-state index is 11.7. The molecule has 0 saturated heterocycles. The molecule has 0 aliphatic carbocycles. The van der Waals surface area contributed by atoms with Crippen LogP contribution in [0.1, 0.15) is 6.92 Å². The van der Waals surface area contributed by atoms with Crippen LogP contribution in [-0.4, -0.2) is 36.2 Å². The summed E-state index contributed by atoms with van der Waals surface area (Å²) in [4.78, 5) is 28.0. The Morgan fingerprint density at radius 1 is 1.50 bits per heavy atom. The quantitative estimate of drug-likeness (QED) is 0.705. The summed E-state index contributed by atoms with van der Waals surface area (Å²) in [6.45, 7) is 1.28. The van der Waals surface area contributed by atoms with Gasteiger partial charge in [0.2, 0.25) is 5.91 Å². The molecule has 2 radical (unpaired) electrons. The number of anilines is 1. The van der Waals surface area contributed by atoms with Crippen molar-refractivity contribution in [3.8, 4) is 0 Å². The normalized spacial score (nSPS) is 10.3. The maximum Gasteiger partial charge on any atom is 0.329 e. The van der Waals surface area contributed by atoms with E-state index < -0.39 is 11.9 Å². The van der Waals surface area contributed by atoms with Crippen molar-refractivity contribution in [2.24, 2.45) is 0 Å². The second-order valence-electron chi connectivity index (χ2n) is 3.82. The highest BCUT2D eigenvalue weighted by Crippen LogP contribution is 2.13. The lowest BCUT2D eigenvalue weighted by molar-refractivity contribution is -0.117. The molecule has 0 spiro atoms. The second-order valence-corrected chi connectivity index (χ2v) is 3.82. The zero-order valence-electron chi connectivity index (χ0n) is 10.0. The van der Waals surface area contributed by atoms with Gasteiger partial charge in [0.15, 0.2) is 0 Å². The molecule has 90 valence electrons. The minimum Gasteiger partial charge on any atom is -0.286 e. The zero-order chi connectivity index (χ0) is 13.3. The van der Waals surface area contributed by atoms with Crippen LogP contribution >= 0.6 is 0 Å². The van der Waals surface area contributed by atoms with E-state index in [1.54, 1.807) is 29.8 Å². The van der Waals surface area contributed by atoms with E-state index in [1.807, 2.05) is 0 Å². The predicted molar refractivity (Wildman–Crippen MR) is 68.2 cm³/mol. The molecule has 3 amide bonds. The third-order valence-corrected chi connectivity index (χ3v) is 2.48. The van der Waals surface area contributed by atoms with Crippen LogP contribution in [0.25, 0.3) is 5.65 Å². The molecule has 0 fully saturated rings. The molecule has 0 aromatic carbocycles. The Morgan fingerprint density at radius 2 is 2.22 bits per heavy atom. The predicted octanol–water partition coefficient (Wildman–Crippen LogP) is -0.180. The first-order valence-corrected chi connectivity index (χ1v) is 5.27. The number of nitrogens with zero attached hydrogens (tertiary/aromatic N) is 3. The van der Waals surface area contributed by atoms with E-state index in [9.17, 15) is 9.59 Å². The topological polar surface area (TPSA) is 66.7 Å². The highest BCUT2D eigenvalue weighted by molar-refractivity contribution is 6.36. The van der Waals surface area contributed by atoms with Gasteiger partial charge in [0.05, 0.1) is 6.20 Å². The minimum absolute atomic E-state index is 0.416. The molecule has 0 atom stereocenters. The van der Waals surface area contributed by atoms with Gasteiger partial charge in [0, 0.05) is 20.2 Å². The summed E-state index contributed by atoms with van der Waals surface area (Å²) < 4.78 is 1.68. The van der Waals surface area contributed by atoms with Crippen molar-refractivity contribution in [2.75, 3.05) is 11.9 Å². The average Bonchev–Trinajstić information content (AvgIpc) is 2.72. The lowest BCUT2D eigenvalue weighted by Crippen LogP contribution is -2.40. The van der Waals surface area contributed by atoms with Crippen molar-refractivity contribution in [1.29, 1.82) is 0 Å². The van der Waals surface area contributed by atoms with Crippen LogP contribution in [0.15, 0.2) is 24.5 Å². The number of carbonyl (C=O) groups excluding carboxylic acids is 2. The standard InChI is InChI=1S/C11H11BN4O2/c1-7(17)14-11(18)15(2)9-6-13-10-8(12)4-3-5-16(9)10/h3-6H,1-2H3,(H,14,17,18). The molecule has 6 nitrogen and oxygen atoms in total. The molecular weight excluding hydrogens is 231 g/mol. The second kappa shape index (κ2) is 4.52. The van der Waals surface area contributed by atoms with E-state index in [4.69, 9.17) is 7.85 Å². The summed E-state index contributed by atoms with van der Waals surface area (Å²) in [5.41, 5.74) is 1.08. The Morgan fingerprint density at radius 3 is 2.89 bits per heavy atom. The first-order valence-electron chi connectivity index (χ1n) is 5.27. The number of nitrogens with one attached hydrogen (secondary N) is 1. The van der Waals surface area contributed by atoms with Gasteiger partial charge in [0.25, 0.3) is 0 Å². The Labute approximate surface area is 105 Å². The molecule has 2 rings (SSSR count).